The van der Waals surface area contributed by atoms with E-state index in [-0.39, 0.29) is 5.91 Å². The summed E-state index contributed by atoms with van der Waals surface area (Å²) < 4.78 is 5.54. The molecule has 0 unspecified atom stereocenters. The molecular weight excluding hydrogens is 324 g/mol. The van der Waals surface area contributed by atoms with Crippen LogP contribution in [-0.2, 0) is 4.79 Å². The number of hydrogen-bond acceptors (Lipinski definition) is 3. The first-order chi connectivity index (χ1) is 12.7. The first kappa shape index (κ1) is 16.1. The molecule has 26 heavy (non-hydrogen) atoms. The third-order valence-corrected chi connectivity index (χ3v) is 4.50. The molecule has 1 aliphatic rings. The number of nitrogens with zero attached hydrogens (tertiary/aromatic N) is 2. The fourth-order valence-corrected chi connectivity index (χ4v) is 3.18. The van der Waals surface area contributed by atoms with E-state index in [1.807, 2.05) is 79.7 Å². The molecule has 0 fully saturated rings. The molecule has 0 aliphatic carbocycles. The molecule has 4 rings (SSSR count). The smallest absolute Gasteiger partial charge is 0.280 e. The monoisotopic (exact) mass is 342 g/mol. The Morgan fingerprint density at radius 2 is 1.69 bits per heavy atom. The van der Waals surface area contributed by atoms with E-state index in [2.05, 4.69) is 5.10 Å². The van der Waals surface area contributed by atoms with Crippen molar-refractivity contribution in [2.75, 3.05) is 12.1 Å². The average molecular weight is 342 g/mol. The van der Waals surface area contributed by atoms with Gasteiger partial charge in [0.15, 0.2) is 0 Å². The fourth-order valence-electron chi connectivity index (χ4n) is 3.18. The van der Waals surface area contributed by atoms with Crippen molar-refractivity contribution in [1.29, 1.82) is 0 Å². The van der Waals surface area contributed by atoms with Crippen molar-refractivity contribution in [3.63, 3.8) is 0 Å². The molecule has 0 saturated carbocycles. The number of fused-ring (bicyclic) bond motifs is 1. The van der Waals surface area contributed by atoms with Crippen LogP contribution in [0.15, 0.2) is 77.4 Å². The van der Waals surface area contributed by atoms with Gasteiger partial charge in [0.1, 0.15) is 5.75 Å². The summed E-state index contributed by atoms with van der Waals surface area (Å²) in [5, 5.41) is 8.02. The quantitative estimate of drug-likeness (QED) is 0.650. The Hall–Kier alpha value is -3.40. The topological polar surface area (TPSA) is 41.9 Å². The molecule has 4 heteroatoms. The van der Waals surface area contributed by atoms with Gasteiger partial charge in [-0.2, -0.15) is 10.1 Å². The molecule has 0 N–H and O–H groups in total. The van der Waals surface area contributed by atoms with Crippen molar-refractivity contribution < 1.29 is 9.53 Å². The molecular formula is C22H18N2O2. The van der Waals surface area contributed by atoms with Gasteiger partial charge in [0, 0.05) is 5.56 Å². The van der Waals surface area contributed by atoms with Gasteiger partial charge in [0.2, 0.25) is 0 Å². The number of rotatable bonds is 3. The number of anilines is 1. The molecule has 1 amide bonds. The SMILES string of the molecule is COc1ccc2ccccc2c1/C=C1\C(=O)N(c2ccccc2)N=C1C. The second kappa shape index (κ2) is 6.48. The maximum atomic E-state index is 13.0. The summed E-state index contributed by atoms with van der Waals surface area (Å²) in [6.45, 7) is 1.85. The fraction of sp³-hybridized carbons (Fsp3) is 0.0909. The Morgan fingerprint density at radius 1 is 0.962 bits per heavy atom. The Bertz CT molecular complexity index is 1050. The summed E-state index contributed by atoms with van der Waals surface area (Å²) in [6, 6.07) is 21.4. The predicted octanol–water partition coefficient (Wildman–Crippen LogP) is 4.65. The van der Waals surface area contributed by atoms with Gasteiger partial charge in [-0.15, -0.1) is 0 Å². The number of methoxy groups -OCH3 is 1. The molecule has 0 bridgehead atoms. The van der Waals surface area contributed by atoms with Crippen molar-refractivity contribution in [3.8, 4) is 5.75 Å². The van der Waals surface area contributed by atoms with Gasteiger partial charge in [-0.1, -0.05) is 48.5 Å². The van der Waals surface area contributed by atoms with Gasteiger partial charge in [0.05, 0.1) is 24.1 Å². The normalized spacial score (nSPS) is 15.6. The lowest BCUT2D eigenvalue weighted by atomic mass is 10.00. The van der Waals surface area contributed by atoms with E-state index in [4.69, 9.17) is 4.74 Å². The minimum Gasteiger partial charge on any atom is -0.496 e. The van der Waals surface area contributed by atoms with Gasteiger partial charge in [-0.25, -0.2) is 0 Å². The molecule has 3 aromatic carbocycles. The van der Waals surface area contributed by atoms with Gasteiger partial charge in [-0.05, 0) is 42.0 Å². The van der Waals surface area contributed by atoms with Crippen molar-refractivity contribution in [2.24, 2.45) is 5.10 Å². The number of hydrogen-bond donors (Lipinski definition) is 0. The first-order valence-electron chi connectivity index (χ1n) is 8.41. The van der Waals surface area contributed by atoms with Gasteiger partial charge in [0.25, 0.3) is 5.91 Å². The molecule has 4 nitrogen and oxygen atoms in total. The third kappa shape index (κ3) is 2.65. The van der Waals surface area contributed by atoms with Crippen LogP contribution in [-0.4, -0.2) is 18.7 Å². The maximum absolute atomic E-state index is 13.0. The molecule has 1 heterocycles. The Kier molecular flexibility index (Phi) is 4.01. The maximum Gasteiger partial charge on any atom is 0.280 e. The number of benzene rings is 3. The zero-order chi connectivity index (χ0) is 18.1. The largest absolute Gasteiger partial charge is 0.496 e. The van der Waals surface area contributed by atoms with E-state index < -0.39 is 0 Å². The van der Waals surface area contributed by atoms with E-state index in [0.29, 0.717) is 11.3 Å². The lowest BCUT2D eigenvalue weighted by Crippen LogP contribution is -2.21. The van der Waals surface area contributed by atoms with Crippen LogP contribution in [0.3, 0.4) is 0 Å². The van der Waals surface area contributed by atoms with Gasteiger partial charge >= 0.3 is 0 Å². The van der Waals surface area contributed by atoms with Crippen LogP contribution in [0, 0.1) is 0 Å². The number of carbonyl (C=O) groups excluding carboxylic acids is 1. The van der Waals surface area contributed by atoms with E-state index >= 15 is 0 Å². The highest BCUT2D eigenvalue weighted by molar-refractivity contribution is 6.32. The van der Waals surface area contributed by atoms with Crippen molar-refractivity contribution in [2.45, 2.75) is 6.92 Å². The highest BCUT2D eigenvalue weighted by Gasteiger charge is 2.29. The minimum atomic E-state index is -0.135. The van der Waals surface area contributed by atoms with E-state index in [9.17, 15) is 4.79 Å². The number of hydrazone groups is 1. The van der Waals surface area contributed by atoms with Crippen LogP contribution in [0.25, 0.3) is 16.8 Å². The van der Waals surface area contributed by atoms with Gasteiger partial charge in [-0.3, -0.25) is 4.79 Å². The van der Waals surface area contributed by atoms with Crippen LogP contribution in [0.1, 0.15) is 12.5 Å². The highest BCUT2D eigenvalue weighted by atomic mass is 16.5. The summed E-state index contributed by atoms with van der Waals surface area (Å²) in [7, 11) is 1.64. The molecule has 0 spiro atoms. The second-order valence-corrected chi connectivity index (χ2v) is 6.10. The Labute approximate surface area is 152 Å². The predicted molar refractivity (Wildman–Crippen MR) is 106 cm³/mol. The van der Waals surface area contributed by atoms with Crippen molar-refractivity contribution >= 4 is 34.2 Å². The van der Waals surface area contributed by atoms with Gasteiger partial charge < -0.3 is 4.74 Å². The number of carbonyl (C=O) groups is 1. The molecule has 1 aliphatic heterocycles. The lowest BCUT2D eigenvalue weighted by molar-refractivity contribution is -0.114. The van der Waals surface area contributed by atoms with Crippen LogP contribution in [0.2, 0.25) is 0 Å². The molecule has 0 aromatic heterocycles. The van der Waals surface area contributed by atoms with Crippen LogP contribution in [0.4, 0.5) is 5.69 Å². The van der Waals surface area contributed by atoms with E-state index in [1.165, 1.54) is 5.01 Å². The van der Waals surface area contributed by atoms with E-state index in [0.717, 1.165) is 27.8 Å². The van der Waals surface area contributed by atoms with Crippen molar-refractivity contribution in [3.05, 3.63) is 77.9 Å². The first-order valence-corrected chi connectivity index (χ1v) is 8.41. The zero-order valence-corrected chi connectivity index (χ0v) is 14.6. The molecule has 3 aromatic rings. The standard InChI is InChI=1S/C22H18N2O2/c1-15-19(22(25)24(23-15)17-9-4-3-5-10-17)14-20-18-11-7-6-8-16(18)12-13-21(20)26-2/h3-14H,1-2H3/b19-14-. The molecule has 128 valence electrons. The summed E-state index contributed by atoms with van der Waals surface area (Å²) in [5.41, 5.74) is 2.90. The number of amides is 1. The Balaban J connectivity index is 1.84. The van der Waals surface area contributed by atoms with Crippen molar-refractivity contribution in [1.82, 2.24) is 0 Å². The Morgan fingerprint density at radius 3 is 2.46 bits per heavy atom. The summed E-state index contributed by atoms with van der Waals surface area (Å²) in [5.74, 6) is 0.596. The zero-order valence-electron chi connectivity index (χ0n) is 14.6. The summed E-state index contributed by atoms with van der Waals surface area (Å²) in [4.78, 5) is 13.0. The molecule has 0 radical (unpaired) electrons. The van der Waals surface area contributed by atoms with Crippen LogP contribution < -0.4 is 9.75 Å². The summed E-state index contributed by atoms with van der Waals surface area (Å²) >= 11 is 0. The average Bonchev–Trinajstić information content (AvgIpc) is 2.97. The van der Waals surface area contributed by atoms with Crippen LogP contribution in [0.5, 0.6) is 5.75 Å². The highest BCUT2D eigenvalue weighted by Crippen LogP contribution is 2.32. The molecule has 0 saturated heterocycles. The van der Waals surface area contributed by atoms with E-state index in [1.54, 1.807) is 7.11 Å². The second-order valence-electron chi connectivity index (χ2n) is 6.10. The summed E-state index contributed by atoms with van der Waals surface area (Å²) in [6.07, 6.45) is 1.88. The van der Waals surface area contributed by atoms with Crippen LogP contribution >= 0.6 is 0 Å². The number of para-hydroxylation sites is 1. The minimum absolute atomic E-state index is 0.135. The third-order valence-electron chi connectivity index (χ3n) is 4.50. The number of ether oxygens (including phenoxy) is 1. The molecule has 0 atom stereocenters. The lowest BCUT2D eigenvalue weighted by Gasteiger charge is -2.12.